The molecule has 0 amide bonds. The van der Waals surface area contributed by atoms with Crippen molar-refractivity contribution < 1.29 is 9.53 Å². The predicted octanol–water partition coefficient (Wildman–Crippen LogP) is 3.42. The summed E-state index contributed by atoms with van der Waals surface area (Å²) in [7, 11) is 0. The second-order valence-electron chi connectivity index (χ2n) is 5.23. The van der Waals surface area contributed by atoms with Crippen molar-refractivity contribution in [3.8, 4) is 0 Å². The van der Waals surface area contributed by atoms with Crippen LogP contribution in [0.2, 0.25) is 0 Å². The lowest BCUT2D eigenvalue weighted by Gasteiger charge is -2.33. The predicted molar refractivity (Wildman–Crippen MR) is 82.0 cm³/mol. The van der Waals surface area contributed by atoms with E-state index >= 15 is 0 Å². The molecule has 1 aromatic heterocycles. The molecule has 0 aliphatic rings. The van der Waals surface area contributed by atoms with Gasteiger partial charge >= 0.3 is 5.97 Å². The Bertz CT molecular complexity index is 566. The molecular weight excluding hydrogens is 264 g/mol. The van der Waals surface area contributed by atoms with Crippen LogP contribution in [0.5, 0.6) is 0 Å². The first-order valence-corrected chi connectivity index (χ1v) is 7.36. The molecule has 0 bridgehead atoms. The van der Waals surface area contributed by atoms with E-state index in [0.717, 1.165) is 12.0 Å². The molecule has 0 saturated carbocycles. The molecule has 0 saturated heterocycles. The molecule has 1 aromatic carbocycles. The number of carbonyl (C=O) groups is 1. The number of imidazole rings is 1. The van der Waals surface area contributed by atoms with E-state index in [4.69, 9.17) is 4.74 Å². The number of aromatic amines is 1. The Morgan fingerprint density at radius 1 is 1.33 bits per heavy atom. The van der Waals surface area contributed by atoms with Crippen LogP contribution in [0.15, 0.2) is 42.7 Å². The number of benzene rings is 1. The summed E-state index contributed by atoms with van der Waals surface area (Å²) >= 11 is 0. The van der Waals surface area contributed by atoms with Crippen molar-refractivity contribution in [3.05, 3.63) is 54.1 Å². The lowest BCUT2D eigenvalue weighted by Crippen LogP contribution is -2.41. The highest BCUT2D eigenvalue weighted by atomic mass is 16.5. The van der Waals surface area contributed by atoms with Crippen molar-refractivity contribution in [2.75, 3.05) is 6.61 Å². The molecular formula is C17H22N2O2. The van der Waals surface area contributed by atoms with Gasteiger partial charge < -0.3 is 9.72 Å². The third kappa shape index (κ3) is 2.84. The Hall–Kier alpha value is -2.10. The maximum Gasteiger partial charge on any atom is 0.320 e. The van der Waals surface area contributed by atoms with Gasteiger partial charge in [0.05, 0.1) is 6.61 Å². The molecule has 1 heterocycles. The smallest absolute Gasteiger partial charge is 0.320 e. The molecule has 0 aliphatic carbocycles. The number of hydrogen-bond donors (Lipinski definition) is 1. The monoisotopic (exact) mass is 286 g/mol. The van der Waals surface area contributed by atoms with E-state index in [1.165, 1.54) is 0 Å². The largest absolute Gasteiger partial charge is 0.465 e. The second kappa shape index (κ2) is 6.57. The van der Waals surface area contributed by atoms with Gasteiger partial charge in [0.25, 0.3) is 0 Å². The summed E-state index contributed by atoms with van der Waals surface area (Å²) in [5, 5.41) is 0. The zero-order valence-electron chi connectivity index (χ0n) is 12.8. The summed E-state index contributed by atoms with van der Waals surface area (Å²) in [5.74, 6) is 0.413. The van der Waals surface area contributed by atoms with Gasteiger partial charge in [-0.05, 0) is 25.8 Å². The van der Waals surface area contributed by atoms with Crippen LogP contribution in [0.1, 0.15) is 44.5 Å². The van der Waals surface area contributed by atoms with Crippen LogP contribution in [0.3, 0.4) is 0 Å². The number of aromatic nitrogens is 2. The van der Waals surface area contributed by atoms with Crippen molar-refractivity contribution in [3.63, 3.8) is 0 Å². The number of ether oxygens (including phenoxy) is 1. The third-order valence-corrected chi connectivity index (χ3v) is 4.00. The van der Waals surface area contributed by atoms with E-state index in [1.54, 1.807) is 12.4 Å². The van der Waals surface area contributed by atoms with Crippen molar-refractivity contribution in [2.24, 2.45) is 0 Å². The van der Waals surface area contributed by atoms with Crippen LogP contribution in [0.25, 0.3) is 0 Å². The summed E-state index contributed by atoms with van der Waals surface area (Å²) in [6, 6.07) is 10.1. The number of esters is 1. The zero-order chi connectivity index (χ0) is 15.3. The molecule has 2 unspecified atom stereocenters. The van der Waals surface area contributed by atoms with Gasteiger partial charge in [-0.25, -0.2) is 4.98 Å². The second-order valence-corrected chi connectivity index (χ2v) is 5.23. The number of H-pyrrole nitrogens is 1. The maximum absolute atomic E-state index is 12.7. The lowest BCUT2D eigenvalue weighted by atomic mass is 9.71. The molecule has 2 atom stereocenters. The van der Waals surface area contributed by atoms with Gasteiger partial charge in [-0.2, -0.15) is 0 Å². The first kappa shape index (κ1) is 15.3. The molecule has 2 rings (SSSR count). The Morgan fingerprint density at radius 3 is 2.57 bits per heavy atom. The number of hydrogen-bond acceptors (Lipinski definition) is 3. The van der Waals surface area contributed by atoms with E-state index in [0.29, 0.717) is 12.4 Å². The van der Waals surface area contributed by atoms with Gasteiger partial charge in [-0.3, -0.25) is 4.79 Å². The molecule has 2 aromatic rings. The SMILES string of the molecule is CCOC(=O)C(C)(c1ncc[nH]1)C(CC)c1ccccc1. The van der Waals surface area contributed by atoms with Crippen molar-refractivity contribution in [2.45, 2.75) is 38.5 Å². The maximum atomic E-state index is 12.7. The standard InChI is InChI=1S/C17H22N2O2/c1-4-14(13-9-7-6-8-10-13)17(3,16(20)21-5-2)15-18-11-12-19-15/h6-12,14H,4-5H2,1-3H3,(H,18,19). The minimum absolute atomic E-state index is 0.00361. The minimum Gasteiger partial charge on any atom is -0.465 e. The van der Waals surface area contributed by atoms with Gasteiger partial charge in [-0.15, -0.1) is 0 Å². The van der Waals surface area contributed by atoms with Crippen LogP contribution in [-0.4, -0.2) is 22.5 Å². The van der Waals surface area contributed by atoms with Crippen LogP contribution >= 0.6 is 0 Å². The number of rotatable bonds is 6. The molecule has 0 radical (unpaired) electrons. The molecule has 21 heavy (non-hydrogen) atoms. The third-order valence-electron chi connectivity index (χ3n) is 4.00. The summed E-state index contributed by atoms with van der Waals surface area (Å²) in [6.07, 6.45) is 4.23. The number of nitrogens with zero attached hydrogens (tertiary/aromatic N) is 1. The normalized spacial score (nSPS) is 15.2. The molecule has 4 nitrogen and oxygen atoms in total. The highest BCUT2D eigenvalue weighted by Gasteiger charge is 2.46. The van der Waals surface area contributed by atoms with E-state index < -0.39 is 5.41 Å². The van der Waals surface area contributed by atoms with Crippen molar-refractivity contribution in [1.82, 2.24) is 9.97 Å². The summed E-state index contributed by atoms with van der Waals surface area (Å²) in [6.45, 7) is 6.17. The highest BCUT2D eigenvalue weighted by molar-refractivity contribution is 5.83. The molecule has 0 spiro atoms. The fourth-order valence-corrected chi connectivity index (χ4v) is 2.90. The first-order chi connectivity index (χ1) is 10.1. The van der Waals surface area contributed by atoms with Crippen LogP contribution in [0, 0.1) is 0 Å². The minimum atomic E-state index is -0.824. The van der Waals surface area contributed by atoms with E-state index in [-0.39, 0.29) is 11.9 Å². The van der Waals surface area contributed by atoms with Gasteiger partial charge in [0.1, 0.15) is 11.2 Å². The topological polar surface area (TPSA) is 55.0 Å². The molecule has 0 fully saturated rings. The van der Waals surface area contributed by atoms with Crippen LogP contribution in [-0.2, 0) is 14.9 Å². The van der Waals surface area contributed by atoms with Crippen LogP contribution < -0.4 is 0 Å². The molecule has 112 valence electrons. The quantitative estimate of drug-likeness (QED) is 0.828. The van der Waals surface area contributed by atoms with Crippen LogP contribution in [0.4, 0.5) is 0 Å². The van der Waals surface area contributed by atoms with E-state index in [9.17, 15) is 4.79 Å². The van der Waals surface area contributed by atoms with Gasteiger partial charge in [-0.1, -0.05) is 37.3 Å². The van der Waals surface area contributed by atoms with E-state index in [1.807, 2.05) is 32.0 Å². The van der Waals surface area contributed by atoms with Gasteiger partial charge in [0.2, 0.25) is 0 Å². The Balaban J connectivity index is 2.50. The molecule has 0 aliphatic heterocycles. The Morgan fingerprint density at radius 2 is 2.05 bits per heavy atom. The Kier molecular flexibility index (Phi) is 4.78. The number of carbonyl (C=O) groups excluding carboxylic acids is 1. The van der Waals surface area contributed by atoms with Gasteiger partial charge in [0, 0.05) is 18.3 Å². The first-order valence-electron chi connectivity index (χ1n) is 7.36. The highest BCUT2D eigenvalue weighted by Crippen LogP contribution is 2.40. The molecule has 1 N–H and O–H groups in total. The average molecular weight is 286 g/mol. The van der Waals surface area contributed by atoms with Crippen molar-refractivity contribution >= 4 is 5.97 Å². The zero-order valence-corrected chi connectivity index (χ0v) is 12.8. The summed E-state index contributed by atoms with van der Waals surface area (Å²) in [4.78, 5) is 20.1. The fraction of sp³-hybridized carbons (Fsp3) is 0.412. The Labute approximate surface area is 125 Å². The molecule has 4 heteroatoms. The summed E-state index contributed by atoms with van der Waals surface area (Å²) in [5.41, 5.74) is 0.294. The lowest BCUT2D eigenvalue weighted by molar-refractivity contribution is -0.151. The fourth-order valence-electron chi connectivity index (χ4n) is 2.90. The van der Waals surface area contributed by atoms with Gasteiger partial charge in [0.15, 0.2) is 0 Å². The van der Waals surface area contributed by atoms with Crippen molar-refractivity contribution in [1.29, 1.82) is 0 Å². The summed E-state index contributed by atoms with van der Waals surface area (Å²) < 4.78 is 5.34. The van der Waals surface area contributed by atoms with E-state index in [2.05, 4.69) is 29.0 Å². The number of nitrogens with one attached hydrogen (secondary N) is 1. The average Bonchev–Trinajstić information content (AvgIpc) is 3.04.